The second-order valence-corrected chi connectivity index (χ2v) is 6.40. The first-order valence-electron chi connectivity index (χ1n) is 9.68. The van der Waals surface area contributed by atoms with Gasteiger partial charge < -0.3 is 9.84 Å². The lowest BCUT2D eigenvalue weighted by molar-refractivity contribution is -0.147. The molecule has 0 aromatic rings. The summed E-state index contributed by atoms with van der Waals surface area (Å²) in [5, 5.41) is 8.62. The van der Waals surface area contributed by atoms with Gasteiger partial charge in [0, 0.05) is 12.8 Å². The third-order valence-electron chi connectivity index (χ3n) is 3.97. The van der Waals surface area contributed by atoms with Crippen LogP contribution in [-0.2, 0) is 14.3 Å². The van der Waals surface area contributed by atoms with Crippen LogP contribution in [0, 0.1) is 0 Å². The molecule has 4 nitrogen and oxygen atoms in total. The highest BCUT2D eigenvalue weighted by atomic mass is 16.5. The summed E-state index contributed by atoms with van der Waals surface area (Å²) in [6.07, 6.45) is 15.7. The molecule has 24 heavy (non-hydrogen) atoms. The molecule has 0 fully saturated rings. The van der Waals surface area contributed by atoms with Crippen LogP contribution in [-0.4, -0.2) is 23.1 Å². The van der Waals surface area contributed by atoms with Crippen LogP contribution in [0.4, 0.5) is 0 Å². The predicted molar refractivity (Wildman–Crippen MR) is 98.0 cm³/mol. The monoisotopic (exact) mass is 340 g/mol. The maximum Gasteiger partial charge on any atom is 0.306 e. The zero-order valence-corrected chi connectivity index (χ0v) is 15.6. The molecular weight excluding hydrogens is 304 g/mol. The van der Waals surface area contributed by atoms with E-state index in [9.17, 15) is 9.59 Å². The molecule has 0 aliphatic rings. The van der Waals surface area contributed by atoms with E-state index in [0.29, 0.717) is 6.42 Å². The summed E-state index contributed by atoms with van der Waals surface area (Å²) >= 11 is 0. The first kappa shape index (κ1) is 22.7. The van der Waals surface area contributed by atoms with Gasteiger partial charge in [-0.25, -0.2) is 0 Å². The van der Waals surface area contributed by atoms with Gasteiger partial charge in [0.15, 0.2) is 0 Å². The fourth-order valence-corrected chi connectivity index (χ4v) is 2.48. The van der Waals surface area contributed by atoms with E-state index in [2.05, 4.69) is 19.9 Å². The molecule has 0 aromatic carbocycles. The zero-order chi connectivity index (χ0) is 18.0. The van der Waals surface area contributed by atoms with Crippen molar-refractivity contribution in [2.24, 2.45) is 0 Å². The number of ether oxygens (including phenoxy) is 1. The van der Waals surface area contributed by atoms with Crippen molar-refractivity contribution >= 4 is 11.9 Å². The van der Waals surface area contributed by atoms with Gasteiger partial charge in [-0.1, -0.05) is 52.0 Å². The van der Waals surface area contributed by atoms with E-state index in [4.69, 9.17) is 9.84 Å². The SMILES string of the molecule is CCCCC/C=C\C(CCCCCCC(=O)O)OC(=O)CCCC. The van der Waals surface area contributed by atoms with Gasteiger partial charge in [0.05, 0.1) is 0 Å². The van der Waals surface area contributed by atoms with Crippen LogP contribution in [0.2, 0.25) is 0 Å². The average Bonchev–Trinajstić information content (AvgIpc) is 2.55. The Morgan fingerprint density at radius 1 is 0.917 bits per heavy atom. The largest absolute Gasteiger partial charge is 0.481 e. The highest BCUT2D eigenvalue weighted by molar-refractivity contribution is 5.69. The van der Waals surface area contributed by atoms with E-state index in [0.717, 1.165) is 51.4 Å². The van der Waals surface area contributed by atoms with Gasteiger partial charge in [-0.15, -0.1) is 0 Å². The van der Waals surface area contributed by atoms with Crippen molar-refractivity contribution < 1.29 is 19.4 Å². The number of carboxylic acid groups (broad SMARTS) is 1. The van der Waals surface area contributed by atoms with Crippen molar-refractivity contribution in [1.82, 2.24) is 0 Å². The van der Waals surface area contributed by atoms with E-state index in [-0.39, 0.29) is 18.5 Å². The lowest BCUT2D eigenvalue weighted by atomic mass is 10.1. The number of carbonyl (C=O) groups is 2. The summed E-state index contributed by atoms with van der Waals surface area (Å²) in [6, 6.07) is 0. The molecule has 0 aliphatic heterocycles. The van der Waals surface area contributed by atoms with Crippen LogP contribution in [0.25, 0.3) is 0 Å². The van der Waals surface area contributed by atoms with Gasteiger partial charge >= 0.3 is 11.9 Å². The van der Waals surface area contributed by atoms with Gasteiger partial charge in [-0.2, -0.15) is 0 Å². The minimum absolute atomic E-state index is 0.106. The first-order chi connectivity index (χ1) is 11.6. The molecule has 0 heterocycles. The van der Waals surface area contributed by atoms with Crippen molar-refractivity contribution in [3.63, 3.8) is 0 Å². The van der Waals surface area contributed by atoms with Crippen LogP contribution in [0.5, 0.6) is 0 Å². The van der Waals surface area contributed by atoms with Gasteiger partial charge in [0.1, 0.15) is 6.10 Å². The molecule has 1 atom stereocenters. The Morgan fingerprint density at radius 3 is 2.29 bits per heavy atom. The lowest BCUT2D eigenvalue weighted by Gasteiger charge is -2.14. The third-order valence-corrected chi connectivity index (χ3v) is 3.97. The summed E-state index contributed by atoms with van der Waals surface area (Å²) in [6.45, 7) is 4.25. The van der Waals surface area contributed by atoms with Gasteiger partial charge in [0.25, 0.3) is 0 Å². The van der Waals surface area contributed by atoms with Crippen molar-refractivity contribution in [2.75, 3.05) is 0 Å². The quantitative estimate of drug-likeness (QED) is 0.224. The average molecular weight is 341 g/mol. The summed E-state index contributed by atoms with van der Waals surface area (Å²) in [7, 11) is 0. The number of unbranched alkanes of at least 4 members (excludes halogenated alkanes) is 7. The van der Waals surface area contributed by atoms with Crippen molar-refractivity contribution in [3.8, 4) is 0 Å². The fraction of sp³-hybridized carbons (Fsp3) is 0.800. The van der Waals surface area contributed by atoms with Crippen LogP contribution in [0.15, 0.2) is 12.2 Å². The highest BCUT2D eigenvalue weighted by Gasteiger charge is 2.11. The molecule has 0 saturated carbocycles. The summed E-state index contributed by atoms with van der Waals surface area (Å²) in [5.74, 6) is -0.835. The first-order valence-corrected chi connectivity index (χ1v) is 9.68. The highest BCUT2D eigenvalue weighted by Crippen LogP contribution is 2.13. The number of allylic oxidation sites excluding steroid dienone is 1. The summed E-state index contributed by atoms with van der Waals surface area (Å²) in [4.78, 5) is 22.3. The van der Waals surface area contributed by atoms with Crippen molar-refractivity contribution in [2.45, 2.75) is 103 Å². The van der Waals surface area contributed by atoms with E-state index < -0.39 is 5.97 Å². The lowest BCUT2D eigenvalue weighted by Crippen LogP contribution is -2.16. The maximum absolute atomic E-state index is 11.8. The molecule has 0 aromatic heterocycles. The molecule has 0 radical (unpaired) electrons. The van der Waals surface area contributed by atoms with E-state index >= 15 is 0 Å². The number of carboxylic acids is 1. The van der Waals surface area contributed by atoms with Crippen molar-refractivity contribution in [3.05, 3.63) is 12.2 Å². The molecule has 0 saturated heterocycles. The minimum Gasteiger partial charge on any atom is -0.481 e. The van der Waals surface area contributed by atoms with Crippen LogP contribution >= 0.6 is 0 Å². The molecular formula is C20H36O4. The number of hydrogen-bond acceptors (Lipinski definition) is 3. The van der Waals surface area contributed by atoms with Gasteiger partial charge in [0.2, 0.25) is 0 Å². The topological polar surface area (TPSA) is 63.6 Å². The number of carbonyl (C=O) groups excluding carboxylic acids is 1. The van der Waals surface area contributed by atoms with Crippen molar-refractivity contribution in [1.29, 1.82) is 0 Å². The second-order valence-electron chi connectivity index (χ2n) is 6.40. The standard InChI is InChI=1S/C20H36O4/c1-3-5-7-8-11-14-18(24-20(23)17-6-4-2)15-12-9-10-13-16-19(21)22/h11,14,18H,3-10,12-13,15-17H2,1-2H3,(H,21,22)/b14-11-. The van der Waals surface area contributed by atoms with Gasteiger partial charge in [-0.3, -0.25) is 9.59 Å². The Morgan fingerprint density at radius 2 is 1.62 bits per heavy atom. The molecule has 4 heteroatoms. The number of rotatable bonds is 16. The number of hydrogen-bond donors (Lipinski definition) is 1. The normalized spacial score (nSPS) is 12.4. The van der Waals surface area contributed by atoms with E-state index in [1.807, 2.05) is 6.08 Å². The Balaban J connectivity index is 4.10. The smallest absolute Gasteiger partial charge is 0.306 e. The summed E-state index contributed by atoms with van der Waals surface area (Å²) in [5.41, 5.74) is 0. The molecule has 0 aliphatic carbocycles. The summed E-state index contributed by atoms with van der Waals surface area (Å²) < 4.78 is 5.58. The Kier molecular flexibility index (Phi) is 15.6. The Labute approximate surface area is 147 Å². The van der Waals surface area contributed by atoms with Gasteiger partial charge in [-0.05, 0) is 44.6 Å². The number of aliphatic carboxylic acids is 1. The molecule has 0 bridgehead atoms. The Bertz CT molecular complexity index is 350. The van der Waals surface area contributed by atoms with Crippen LogP contribution in [0.1, 0.15) is 97.3 Å². The zero-order valence-electron chi connectivity index (χ0n) is 15.6. The second kappa shape index (κ2) is 16.5. The molecule has 0 rings (SSSR count). The fourth-order valence-electron chi connectivity index (χ4n) is 2.48. The molecule has 0 spiro atoms. The van der Waals surface area contributed by atoms with Crippen LogP contribution in [0.3, 0.4) is 0 Å². The molecule has 1 unspecified atom stereocenters. The minimum atomic E-state index is -0.729. The predicted octanol–water partition coefficient (Wildman–Crippen LogP) is 5.65. The maximum atomic E-state index is 11.8. The molecule has 0 amide bonds. The molecule has 140 valence electrons. The van der Waals surface area contributed by atoms with E-state index in [1.54, 1.807) is 0 Å². The third kappa shape index (κ3) is 15.6. The van der Waals surface area contributed by atoms with E-state index in [1.165, 1.54) is 19.3 Å². The number of esters is 1. The van der Waals surface area contributed by atoms with Crippen LogP contribution < -0.4 is 0 Å². The molecule has 1 N–H and O–H groups in total. The Hall–Kier alpha value is -1.32.